The number of piperazine rings is 1. The first kappa shape index (κ1) is 17.8. The van der Waals surface area contributed by atoms with Crippen molar-refractivity contribution in [2.75, 3.05) is 49.1 Å². The molecule has 0 bridgehead atoms. The molecule has 0 N–H and O–H groups in total. The smallest absolute Gasteiger partial charge is 0.225 e. The summed E-state index contributed by atoms with van der Waals surface area (Å²) >= 11 is 0. The largest absolute Gasteiger partial charge is 0.371 e. The molecule has 2 fully saturated rings. The second kappa shape index (κ2) is 7.99. The van der Waals surface area contributed by atoms with Gasteiger partial charge in [-0.3, -0.25) is 4.79 Å². The molecule has 4 rings (SSSR count). The second-order valence-corrected chi connectivity index (χ2v) is 7.39. The van der Waals surface area contributed by atoms with Crippen LogP contribution in [0, 0.1) is 11.7 Å². The molecule has 4 nitrogen and oxygen atoms in total. The standard InChI is InChI=1S/C22H26FN3O/c23-19-6-8-21(9-7-19)25-14-16-26(17-15-25)22(27)18-10-12-24(13-11-18)20-4-2-1-3-5-20/h1-9,18H,10-17H2. The summed E-state index contributed by atoms with van der Waals surface area (Å²) in [5.74, 6) is 0.234. The van der Waals surface area contributed by atoms with Gasteiger partial charge < -0.3 is 14.7 Å². The molecule has 0 aromatic heterocycles. The lowest BCUT2D eigenvalue weighted by Gasteiger charge is -2.39. The predicted octanol–water partition coefficient (Wildman–Crippen LogP) is 3.39. The van der Waals surface area contributed by atoms with Gasteiger partial charge in [0.2, 0.25) is 5.91 Å². The van der Waals surface area contributed by atoms with Gasteiger partial charge in [-0.15, -0.1) is 0 Å². The number of piperidine rings is 1. The number of benzene rings is 2. The van der Waals surface area contributed by atoms with Gasteiger partial charge in [-0.25, -0.2) is 4.39 Å². The Labute approximate surface area is 160 Å². The molecule has 0 saturated carbocycles. The number of anilines is 2. The molecule has 2 aromatic carbocycles. The van der Waals surface area contributed by atoms with Crippen molar-refractivity contribution >= 4 is 17.3 Å². The highest BCUT2D eigenvalue weighted by Crippen LogP contribution is 2.25. The van der Waals surface area contributed by atoms with Crippen LogP contribution in [0.25, 0.3) is 0 Å². The van der Waals surface area contributed by atoms with Gasteiger partial charge in [0.05, 0.1) is 0 Å². The number of halogens is 1. The monoisotopic (exact) mass is 367 g/mol. The van der Waals surface area contributed by atoms with Crippen molar-refractivity contribution in [2.24, 2.45) is 5.92 Å². The first-order valence-corrected chi connectivity index (χ1v) is 9.80. The molecule has 0 spiro atoms. The van der Waals surface area contributed by atoms with Crippen LogP contribution in [0.15, 0.2) is 54.6 Å². The Morgan fingerprint density at radius 1 is 0.741 bits per heavy atom. The van der Waals surface area contributed by atoms with E-state index in [-0.39, 0.29) is 11.7 Å². The van der Waals surface area contributed by atoms with Crippen LogP contribution in [0.4, 0.5) is 15.8 Å². The van der Waals surface area contributed by atoms with Gasteiger partial charge >= 0.3 is 0 Å². The first-order chi connectivity index (χ1) is 13.2. The fraction of sp³-hybridized carbons (Fsp3) is 0.409. The van der Waals surface area contributed by atoms with E-state index in [2.05, 4.69) is 34.1 Å². The van der Waals surface area contributed by atoms with Crippen molar-refractivity contribution in [1.29, 1.82) is 0 Å². The number of nitrogens with zero attached hydrogens (tertiary/aromatic N) is 3. The third kappa shape index (κ3) is 4.07. The first-order valence-electron chi connectivity index (χ1n) is 9.80. The summed E-state index contributed by atoms with van der Waals surface area (Å²) in [4.78, 5) is 19.5. The number of carbonyl (C=O) groups excluding carboxylic acids is 1. The van der Waals surface area contributed by atoms with Crippen LogP contribution < -0.4 is 9.80 Å². The fourth-order valence-electron chi connectivity index (χ4n) is 4.12. The molecule has 0 atom stereocenters. The van der Waals surface area contributed by atoms with Crippen LogP contribution in [0.5, 0.6) is 0 Å². The molecule has 2 aliphatic heterocycles. The molecular formula is C22H26FN3O. The highest BCUT2D eigenvalue weighted by Gasteiger charge is 2.30. The maximum Gasteiger partial charge on any atom is 0.225 e. The summed E-state index contributed by atoms with van der Waals surface area (Å²) in [6.45, 7) is 4.98. The summed E-state index contributed by atoms with van der Waals surface area (Å²) in [7, 11) is 0. The van der Waals surface area contributed by atoms with E-state index in [1.165, 1.54) is 17.8 Å². The Hall–Kier alpha value is -2.56. The quantitative estimate of drug-likeness (QED) is 0.832. The van der Waals surface area contributed by atoms with E-state index in [0.29, 0.717) is 5.91 Å². The van der Waals surface area contributed by atoms with Gasteiger partial charge in [0.1, 0.15) is 5.82 Å². The number of hydrogen-bond donors (Lipinski definition) is 0. The van der Waals surface area contributed by atoms with E-state index in [0.717, 1.165) is 57.8 Å². The van der Waals surface area contributed by atoms with E-state index in [1.807, 2.05) is 23.1 Å². The van der Waals surface area contributed by atoms with Crippen molar-refractivity contribution in [3.8, 4) is 0 Å². The molecule has 27 heavy (non-hydrogen) atoms. The molecule has 2 aliphatic rings. The van der Waals surface area contributed by atoms with Crippen molar-refractivity contribution in [1.82, 2.24) is 4.90 Å². The summed E-state index contributed by atoms with van der Waals surface area (Å²) < 4.78 is 13.1. The van der Waals surface area contributed by atoms with Crippen LogP contribution in [0.3, 0.4) is 0 Å². The van der Waals surface area contributed by atoms with Crippen molar-refractivity contribution in [3.63, 3.8) is 0 Å². The van der Waals surface area contributed by atoms with Crippen molar-refractivity contribution in [2.45, 2.75) is 12.8 Å². The topological polar surface area (TPSA) is 26.8 Å². The SMILES string of the molecule is O=C(C1CCN(c2ccccc2)CC1)N1CCN(c2ccc(F)cc2)CC1. The van der Waals surface area contributed by atoms with Crippen molar-refractivity contribution < 1.29 is 9.18 Å². The van der Waals surface area contributed by atoms with Crippen LogP contribution in [0.2, 0.25) is 0 Å². The molecule has 2 saturated heterocycles. The number of amides is 1. The Morgan fingerprint density at radius 3 is 1.93 bits per heavy atom. The van der Waals surface area contributed by atoms with Gasteiger partial charge in [0.15, 0.2) is 0 Å². The number of carbonyl (C=O) groups is 1. The van der Waals surface area contributed by atoms with Crippen LogP contribution in [-0.2, 0) is 4.79 Å². The average Bonchev–Trinajstić information content (AvgIpc) is 2.75. The summed E-state index contributed by atoms with van der Waals surface area (Å²) in [6, 6.07) is 17.0. The predicted molar refractivity (Wildman–Crippen MR) is 107 cm³/mol. The van der Waals surface area contributed by atoms with Gasteiger partial charge in [-0.05, 0) is 49.2 Å². The number of hydrogen-bond acceptors (Lipinski definition) is 3. The molecule has 0 aliphatic carbocycles. The molecule has 5 heteroatoms. The maximum absolute atomic E-state index is 13.1. The minimum atomic E-state index is -0.214. The fourth-order valence-corrected chi connectivity index (χ4v) is 4.12. The highest BCUT2D eigenvalue weighted by atomic mass is 19.1. The average molecular weight is 367 g/mol. The molecule has 0 radical (unpaired) electrons. The summed E-state index contributed by atoms with van der Waals surface area (Å²) in [5.41, 5.74) is 2.27. The van der Waals surface area contributed by atoms with E-state index >= 15 is 0 Å². The van der Waals surface area contributed by atoms with E-state index < -0.39 is 0 Å². The van der Waals surface area contributed by atoms with Gasteiger partial charge in [0, 0.05) is 56.6 Å². The van der Waals surface area contributed by atoms with Gasteiger partial charge in [-0.1, -0.05) is 18.2 Å². The van der Waals surface area contributed by atoms with Gasteiger partial charge in [-0.2, -0.15) is 0 Å². The van der Waals surface area contributed by atoms with Crippen LogP contribution in [0.1, 0.15) is 12.8 Å². The van der Waals surface area contributed by atoms with Crippen molar-refractivity contribution in [3.05, 3.63) is 60.4 Å². The maximum atomic E-state index is 13.1. The van der Waals surface area contributed by atoms with E-state index in [1.54, 1.807) is 0 Å². The molecular weight excluding hydrogens is 341 g/mol. The minimum Gasteiger partial charge on any atom is -0.371 e. The molecule has 1 amide bonds. The Morgan fingerprint density at radius 2 is 1.30 bits per heavy atom. The lowest BCUT2D eigenvalue weighted by Crippen LogP contribution is -2.51. The van der Waals surface area contributed by atoms with Gasteiger partial charge in [0.25, 0.3) is 0 Å². The van der Waals surface area contributed by atoms with E-state index in [4.69, 9.17) is 0 Å². The zero-order valence-corrected chi connectivity index (χ0v) is 15.6. The van der Waals surface area contributed by atoms with Crippen LogP contribution >= 0.6 is 0 Å². The molecule has 2 heterocycles. The summed E-state index contributed by atoms with van der Waals surface area (Å²) in [6.07, 6.45) is 1.85. The van der Waals surface area contributed by atoms with Crippen LogP contribution in [-0.4, -0.2) is 50.1 Å². The molecule has 142 valence electrons. The lowest BCUT2D eigenvalue weighted by atomic mass is 9.94. The normalized spacial score (nSPS) is 18.6. The third-order valence-corrected chi connectivity index (χ3v) is 5.75. The lowest BCUT2D eigenvalue weighted by molar-refractivity contribution is -0.136. The molecule has 2 aromatic rings. The second-order valence-electron chi connectivity index (χ2n) is 7.39. The van der Waals surface area contributed by atoms with E-state index in [9.17, 15) is 9.18 Å². The zero-order chi connectivity index (χ0) is 18.6. The Kier molecular flexibility index (Phi) is 5.28. The Bertz CT molecular complexity index is 749. The number of rotatable bonds is 3. The Balaban J connectivity index is 1.28. The number of para-hydroxylation sites is 1. The summed E-state index contributed by atoms with van der Waals surface area (Å²) in [5, 5.41) is 0. The molecule has 0 unspecified atom stereocenters. The highest BCUT2D eigenvalue weighted by molar-refractivity contribution is 5.79. The third-order valence-electron chi connectivity index (χ3n) is 5.75. The minimum absolute atomic E-state index is 0.141. The zero-order valence-electron chi connectivity index (χ0n) is 15.6.